The van der Waals surface area contributed by atoms with Crippen molar-refractivity contribution in [3.63, 3.8) is 0 Å². The number of thiazole rings is 1. The Kier molecular flexibility index (Phi) is 6.03. The van der Waals surface area contributed by atoms with Crippen LogP contribution in [0.15, 0.2) is 84.4 Å². The quantitative estimate of drug-likeness (QED) is 0.298. The van der Waals surface area contributed by atoms with E-state index in [0.29, 0.717) is 38.9 Å². The Bertz CT molecular complexity index is 1450. The molecule has 0 saturated carbocycles. The largest absolute Gasteiger partial charge is 0.274 e. The number of amides is 3. The Labute approximate surface area is 206 Å². The van der Waals surface area contributed by atoms with Crippen molar-refractivity contribution in [2.75, 3.05) is 4.90 Å². The normalized spacial score (nSPS) is 14.2. The molecule has 0 unspecified atom stereocenters. The van der Waals surface area contributed by atoms with Gasteiger partial charge in [0.25, 0.3) is 11.8 Å². The van der Waals surface area contributed by atoms with Crippen LogP contribution in [0.5, 0.6) is 0 Å². The van der Waals surface area contributed by atoms with E-state index in [-0.39, 0.29) is 18.4 Å². The summed E-state index contributed by atoms with van der Waals surface area (Å²) in [5.74, 6) is -0.949. The predicted octanol–water partition coefficient (Wildman–Crippen LogP) is 4.95. The van der Waals surface area contributed by atoms with Gasteiger partial charge in [-0.3, -0.25) is 29.2 Å². The number of aromatic nitrogens is 2. The molecule has 0 radical (unpaired) electrons. The number of nitrogens with zero attached hydrogens (tertiary/aromatic N) is 4. The lowest BCUT2D eigenvalue weighted by atomic mass is 9.92. The minimum atomic E-state index is -0.416. The fourth-order valence-corrected chi connectivity index (χ4v) is 4.78. The topological polar surface area (TPSA) is 83.5 Å². The summed E-state index contributed by atoms with van der Waals surface area (Å²) >= 11 is 1.30. The SMILES string of the molecule is CC(=O)N(c1ccccc1)c1nc(C=C2C(=O)N(Cc3ccccn3)C(=O)c3ccccc32)cs1. The Balaban J connectivity index is 1.54. The van der Waals surface area contributed by atoms with Gasteiger partial charge >= 0.3 is 0 Å². The first-order valence-corrected chi connectivity index (χ1v) is 11.8. The number of pyridine rings is 1. The van der Waals surface area contributed by atoms with E-state index in [1.54, 1.807) is 54.1 Å². The highest BCUT2D eigenvalue weighted by Gasteiger charge is 2.35. The van der Waals surface area contributed by atoms with Crippen molar-refractivity contribution in [1.29, 1.82) is 0 Å². The Morgan fingerprint density at radius 3 is 2.37 bits per heavy atom. The zero-order chi connectivity index (χ0) is 24.4. The average molecular weight is 481 g/mol. The summed E-state index contributed by atoms with van der Waals surface area (Å²) in [7, 11) is 0. The van der Waals surface area contributed by atoms with Crippen LogP contribution in [-0.2, 0) is 16.1 Å². The van der Waals surface area contributed by atoms with Crippen LogP contribution >= 0.6 is 11.3 Å². The van der Waals surface area contributed by atoms with Crippen molar-refractivity contribution in [1.82, 2.24) is 14.9 Å². The Morgan fingerprint density at radius 1 is 0.943 bits per heavy atom. The number of carbonyl (C=O) groups is 3. The fraction of sp³-hybridized carbons (Fsp3) is 0.0741. The molecule has 0 atom stereocenters. The fourth-order valence-electron chi connectivity index (χ4n) is 3.94. The highest BCUT2D eigenvalue weighted by Crippen LogP contribution is 2.33. The van der Waals surface area contributed by atoms with E-state index >= 15 is 0 Å². The molecular formula is C27H20N4O3S. The number of rotatable bonds is 5. The second kappa shape index (κ2) is 9.44. The minimum absolute atomic E-state index is 0.0681. The van der Waals surface area contributed by atoms with Gasteiger partial charge in [0.05, 0.1) is 29.2 Å². The van der Waals surface area contributed by atoms with E-state index in [1.165, 1.54) is 28.1 Å². The van der Waals surface area contributed by atoms with Crippen LogP contribution in [-0.4, -0.2) is 32.6 Å². The van der Waals surface area contributed by atoms with Crippen LogP contribution in [0, 0.1) is 0 Å². The molecule has 3 heterocycles. The summed E-state index contributed by atoms with van der Waals surface area (Å²) in [6, 6.07) is 21.7. The molecular weight excluding hydrogens is 460 g/mol. The first-order chi connectivity index (χ1) is 17.0. The van der Waals surface area contributed by atoms with Gasteiger partial charge < -0.3 is 0 Å². The molecule has 5 rings (SSSR count). The van der Waals surface area contributed by atoms with Gasteiger partial charge in [0, 0.05) is 29.6 Å². The monoisotopic (exact) mass is 480 g/mol. The summed E-state index contributed by atoms with van der Waals surface area (Å²) in [5, 5.41) is 2.28. The van der Waals surface area contributed by atoms with Gasteiger partial charge in [0.2, 0.25) is 5.91 Å². The number of fused-ring (bicyclic) bond motifs is 1. The van der Waals surface area contributed by atoms with Gasteiger partial charge in [-0.15, -0.1) is 11.3 Å². The molecule has 3 amide bonds. The van der Waals surface area contributed by atoms with Gasteiger partial charge in [-0.25, -0.2) is 4.98 Å². The molecule has 0 aliphatic carbocycles. The first kappa shape index (κ1) is 22.4. The number of hydrogen-bond donors (Lipinski definition) is 0. The molecule has 0 saturated heterocycles. The summed E-state index contributed by atoms with van der Waals surface area (Å²) < 4.78 is 0. The van der Waals surface area contributed by atoms with Crippen molar-refractivity contribution in [3.05, 3.63) is 107 Å². The van der Waals surface area contributed by atoms with Crippen molar-refractivity contribution in [2.24, 2.45) is 0 Å². The second-order valence-electron chi connectivity index (χ2n) is 7.87. The van der Waals surface area contributed by atoms with Crippen molar-refractivity contribution < 1.29 is 14.4 Å². The lowest BCUT2D eigenvalue weighted by molar-refractivity contribution is -0.123. The van der Waals surface area contributed by atoms with Crippen LogP contribution in [0.25, 0.3) is 11.6 Å². The third-order valence-corrected chi connectivity index (χ3v) is 6.38. The minimum Gasteiger partial charge on any atom is -0.274 e. The maximum atomic E-state index is 13.5. The molecule has 0 fully saturated rings. The van der Waals surface area contributed by atoms with Gasteiger partial charge in [0.1, 0.15) is 0 Å². The molecule has 7 nitrogen and oxygen atoms in total. The van der Waals surface area contributed by atoms with Crippen molar-refractivity contribution in [3.8, 4) is 0 Å². The van der Waals surface area contributed by atoms with E-state index in [0.717, 1.165) is 0 Å². The molecule has 1 aliphatic heterocycles. The van der Waals surface area contributed by atoms with E-state index in [2.05, 4.69) is 9.97 Å². The molecule has 35 heavy (non-hydrogen) atoms. The van der Waals surface area contributed by atoms with Crippen LogP contribution in [0.4, 0.5) is 10.8 Å². The van der Waals surface area contributed by atoms with E-state index < -0.39 is 5.91 Å². The molecule has 0 spiro atoms. The van der Waals surface area contributed by atoms with Gasteiger partial charge in [0.15, 0.2) is 5.13 Å². The number of anilines is 2. The van der Waals surface area contributed by atoms with Crippen LogP contribution in [0.3, 0.4) is 0 Å². The smallest absolute Gasteiger partial charge is 0.261 e. The number of hydrogen-bond acceptors (Lipinski definition) is 6. The number of carbonyl (C=O) groups excluding carboxylic acids is 3. The Hall–Kier alpha value is -4.43. The highest BCUT2D eigenvalue weighted by atomic mass is 32.1. The van der Waals surface area contributed by atoms with E-state index in [4.69, 9.17) is 0 Å². The number of para-hydroxylation sites is 1. The molecule has 2 aromatic heterocycles. The lowest BCUT2D eigenvalue weighted by Gasteiger charge is -2.28. The van der Waals surface area contributed by atoms with Crippen LogP contribution in [0.1, 0.15) is 34.2 Å². The predicted molar refractivity (Wildman–Crippen MR) is 135 cm³/mol. The lowest BCUT2D eigenvalue weighted by Crippen LogP contribution is -2.41. The molecule has 172 valence electrons. The Morgan fingerprint density at radius 2 is 1.66 bits per heavy atom. The maximum Gasteiger partial charge on any atom is 0.261 e. The molecule has 4 aromatic rings. The van der Waals surface area contributed by atoms with Gasteiger partial charge in [-0.2, -0.15) is 0 Å². The zero-order valence-corrected chi connectivity index (χ0v) is 19.6. The molecule has 0 bridgehead atoms. The third kappa shape index (κ3) is 4.39. The van der Waals surface area contributed by atoms with E-state index in [9.17, 15) is 14.4 Å². The average Bonchev–Trinajstić information content (AvgIpc) is 3.33. The number of imide groups is 1. The number of benzene rings is 2. The summed E-state index contributed by atoms with van der Waals surface area (Å²) in [5.41, 5.74) is 3.21. The van der Waals surface area contributed by atoms with Gasteiger partial charge in [-0.05, 0) is 36.4 Å². The maximum absolute atomic E-state index is 13.5. The molecule has 2 aromatic carbocycles. The van der Waals surface area contributed by atoms with Crippen LogP contribution < -0.4 is 4.90 Å². The van der Waals surface area contributed by atoms with Crippen molar-refractivity contribution in [2.45, 2.75) is 13.5 Å². The summed E-state index contributed by atoms with van der Waals surface area (Å²) in [6.45, 7) is 1.55. The molecule has 8 heteroatoms. The third-order valence-electron chi connectivity index (χ3n) is 5.54. The highest BCUT2D eigenvalue weighted by molar-refractivity contribution is 7.14. The summed E-state index contributed by atoms with van der Waals surface area (Å²) in [6.07, 6.45) is 3.30. The van der Waals surface area contributed by atoms with Crippen molar-refractivity contribution >= 4 is 51.5 Å². The standard InChI is InChI=1S/C27H20N4O3S/c1-18(32)31(21-10-3-2-4-11-21)27-29-20(17-35-27)15-24-22-12-5-6-13-23(22)25(33)30(26(24)34)16-19-9-7-8-14-28-19/h2-15,17H,16H2,1H3. The first-order valence-electron chi connectivity index (χ1n) is 10.9. The van der Waals surface area contributed by atoms with E-state index in [1.807, 2.05) is 36.4 Å². The second-order valence-corrected chi connectivity index (χ2v) is 8.70. The van der Waals surface area contributed by atoms with Crippen LogP contribution in [0.2, 0.25) is 0 Å². The summed E-state index contributed by atoms with van der Waals surface area (Å²) in [4.78, 5) is 50.6. The molecule has 0 N–H and O–H groups in total. The molecule has 1 aliphatic rings. The zero-order valence-electron chi connectivity index (χ0n) is 18.8. The van der Waals surface area contributed by atoms with Gasteiger partial charge in [-0.1, -0.05) is 42.5 Å².